The first-order valence-corrected chi connectivity index (χ1v) is 8.98. The van der Waals surface area contributed by atoms with Crippen molar-refractivity contribution < 1.29 is 14.7 Å². The minimum atomic E-state index is -1.85. The van der Waals surface area contributed by atoms with E-state index in [1.54, 1.807) is 24.3 Å². The highest BCUT2D eigenvalue weighted by atomic mass is 35.5. The van der Waals surface area contributed by atoms with Crippen LogP contribution in [0.4, 0.5) is 5.69 Å². The highest BCUT2D eigenvalue weighted by molar-refractivity contribution is 6.35. The number of carbonyl (C=O) groups is 2. The van der Waals surface area contributed by atoms with Gasteiger partial charge in [0, 0.05) is 22.0 Å². The van der Waals surface area contributed by atoms with Gasteiger partial charge in [0.25, 0.3) is 5.91 Å². The third-order valence-corrected chi connectivity index (χ3v) is 5.19. The van der Waals surface area contributed by atoms with Crippen molar-refractivity contribution in [2.75, 3.05) is 4.90 Å². The van der Waals surface area contributed by atoms with Crippen molar-refractivity contribution in [2.24, 2.45) is 0 Å². The van der Waals surface area contributed by atoms with Gasteiger partial charge in [0.05, 0.1) is 12.2 Å². The first kappa shape index (κ1) is 18.9. The van der Waals surface area contributed by atoms with Gasteiger partial charge in [-0.15, -0.1) is 0 Å². The number of halogens is 2. The Hall–Kier alpha value is -1.88. The second-order valence-corrected chi connectivity index (χ2v) is 7.69. The molecule has 0 fully saturated rings. The molecule has 1 heterocycles. The highest BCUT2D eigenvalue weighted by Crippen LogP contribution is 2.46. The number of fused-ring (bicyclic) bond motifs is 1. The molecule has 4 nitrogen and oxygen atoms in total. The first-order chi connectivity index (χ1) is 12.1. The molecule has 0 aliphatic carbocycles. The van der Waals surface area contributed by atoms with Crippen LogP contribution in [0.3, 0.4) is 0 Å². The van der Waals surface area contributed by atoms with Gasteiger partial charge in [-0.1, -0.05) is 47.0 Å². The van der Waals surface area contributed by atoms with Crippen LogP contribution in [0, 0.1) is 13.8 Å². The Morgan fingerprint density at radius 2 is 1.88 bits per heavy atom. The zero-order valence-electron chi connectivity index (χ0n) is 14.8. The summed E-state index contributed by atoms with van der Waals surface area (Å²) in [5.41, 5.74) is 1.75. The molecule has 2 aromatic rings. The number of hydrogen-bond acceptors (Lipinski definition) is 3. The van der Waals surface area contributed by atoms with Crippen LogP contribution in [-0.2, 0) is 21.7 Å². The predicted molar refractivity (Wildman–Crippen MR) is 103 cm³/mol. The van der Waals surface area contributed by atoms with Crippen LogP contribution in [-0.4, -0.2) is 16.8 Å². The van der Waals surface area contributed by atoms with Crippen molar-refractivity contribution in [3.8, 4) is 0 Å². The number of nitrogens with zero attached hydrogens (tertiary/aromatic N) is 1. The molecule has 1 atom stereocenters. The zero-order valence-corrected chi connectivity index (χ0v) is 16.3. The number of aliphatic hydroxyl groups is 1. The SMILES string of the molecule is CC(=O)CC1(O)C(=O)N(Cc2ccc(Cl)cc2Cl)c2c(C)cc(C)cc21. The van der Waals surface area contributed by atoms with E-state index in [0.29, 0.717) is 26.9 Å². The molecule has 2 aromatic carbocycles. The molecule has 1 aliphatic heterocycles. The average molecular weight is 392 g/mol. The highest BCUT2D eigenvalue weighted by Gasteiger charge is 2.51. The molecule has 6 heteroatoms. The van der Waals surface area contributed by atoms with Crippen molar-refractivity contribution in [2.45, 2.75) is 39.3 Å². The van der Waals surface area contributed by atoms with Crippen molar-refractivity contribution >= 4 is 40.6 Å². The number of ketones is 1. The number of amides is 1. The second kappa shape index (κ2) is 6.69. The Kier molecular flexibility index (Phi) is 4.86. The van der Waals surface area contributed by atoms with Gasteiger partial charge in [-0.05, 0) is 44.0 Å². The lowest BCUT2D eigenvalue weighted by molar-refractivity contribution is -0.141. The molecule has 0 saturated heterocycles. The molecule has 1 aliphatic rings. The molecule has 3 rings (SSSR count). The fraction of sp³-hybridized carbons (Fsp3) is 0.300. The zero-order chi connectivity index (χ0) is 19.2. The van der Waals surface area contributed by atoms with Crippen molar-refractivity contribution in [1.82, 2.24) is 0 Å². The minimum Gasteiger partial charge on any atom is -0.375 e. The summed E-state index contributed by atoms with van der Waals surface area (Å²) >= 11 is 12.2. The number of aryl methyl sites for hydroxylation is 2. The minimum absolute atomic E-state index is 0.186. The number of carbonyl (C=O) groups excluding carboxylic acids is 2. The Labute approximate surface area is 162 Å². The fourth-order valence-electron chi connectivity index (χ4n) is 3.58. The molecule has 0 radical (unpaired) electrons. The molecular weight excluding hydrogens is 373 g/mol. The van der Waals surface area contributed by atoms with Gasteiger partial charge in [0.1, 0.15) is 5.78 Å². The summed E-state index contributed by atoms with van der Waals surface area (Å²) in [6.07, 6.45) is -0.257. The summed E-state index contributed by atoms with van der Waals surface area (Å²) in [5.74, 6) is -0.764. The number of anilines is 1. The molecule has 1 N–H and O–H groups in total. The molecule has 1 unspecified atom stereocenters. The topological polar surface area (TPSA) is 57.6 Å². The lowest BCUT2D eigenvalue weighted by atomic mass is 9.88. The summed E-state index contributed by atoms with van der Waals surface area (Å²) in [5, 5.41) is 12.1. The van der Waals surface area contributed by atoms with Crippen molar-refractivity contribution in [3.63, 3.8) is 0 Å². The van der Waals surface area contributed by atoms with Gasteiger partial charge < -0.3 is 10.0 Å². The third-order valence-electron chi connectivity index (χ3n) is 4.61. The van der Waals surface area contributed by atoms with E-state index in [-0.39, 0.29) is 18.7 Å². The van der Waals surface area contributed by atoms with Crippen molar-refractivity contribution in [3.05, 3.63) is 62.6 Å². The van der Waals surface area contributed by atoms with Gasteiger partial charge in [-0.25, -0.2) is 0 Å². The van der Waals surface area contributed by atoms with E-state index in [1.165, 1.54) is 11.8 Å². The maximum Gasteiger partial charge on any atom is 0.264 e. The summed E-state index contributed by atoms with van der Waals surface area (Å²) < 4.78 is 0. The quantitative estimate of drug-likeness (QED) is 0.843. The van der Waals surface area contributed by atoms with E-state index in [2.05, 4.69) is 0 Å². The van der Waals surface area contributed by atoms with E-state index in [0.717, 1.165) is 11.1 Å². The van der Waals surface area contributed by atoms with E-state index >= 15 is 0 Å². The van der Waals surface area contributed by atoms with Crippen LogP contribution in [0.1, 0.15) is 35.6 Å². The van der Waals surface area contributed by atoms with Gasteiger partial charge >= 0.3 is 0 Å². The number of Topliss-reactive ketones (excluding diaryl/α,β-unsaturated/α-hetero) is 1. The second-order valence-electron chi connectivity index (χ2n) is 6.84. The Bertz CT molecular complexity index is 926. The van der Waals surface area contributed by atoms with Crippen LogP contribution in [0.2, 0.25) is 10.0 Å². The number of rotatable bonds is 4. The molecule has 136 valence electrons. The van der Waals surface area contributed by atoms with Crippen LogP contribution in [0.15, 0.2) is 30.3 Å². The fourth-order valence-corrected chi connectivity index (χ4v) is 4.04. The monoisotopic (exact) mass is 391 g/mol. The maximum atomic E-state index is 13.1. The molecule has 0 bridgehead atoms. The molecular formula is C20H19Cl2NO3. The molecule has 0 aromatic heterocycles. The molecule has 0 saturated carbocycles. The summed E-state index contributed by atoms with van der Waals surface area (Å²) in [7, 11) is 0. The summed E-state index contributed by atoms with van der Waals surface area (Å²) in [6.45, 7) is 5.33. The summed E-state index contributed by atoms with van der Waals surface area (Å²) in [4.78, 5) is 26.3. The largest absolute Gasteiger partial charge is 0.375 e. The smallest absolute Gasteiger partial charge is 0.264 e. The van der Waals surface area contributed by atoms with Gasteiger partial charge in [-0.2, -0.15) is 0 Å². The van der Waals surface area contributed by atoms with E-state index in [1.807, 2.05) is 19.9 Å². The Morgan fingerprint density at radius 1 is 1.19 bits per heavy atom. The predicted octanol–water partition coefficient (Wildman–Crippen LogP) is 4.32. The van der Waals surface area contributed by atoms with Gasteiger partial charge in [0.15, 0.2) is 5.60 Å². The lowest BCUT2D eigenvalue weighted by Crippen LogP contribution is -2.41. The Balaban J connectivity index is 2.13. The first-order valence-electron chi connectivity index (χ1n) is 8.23. The number of benzene rings is 2. The average Bonchev–Trinajstić information content (AvgIpc) is 2.71. The Morgan fingerprint density at radius 3 is 2.50 bits per heavy atom. The van der Waals surface area contributed by atoms with Gasteiger partial charge in [0.2, 0.25) is 0 Å². The lowest BCUT2D eigenvalue weighted by Gasteiger charge is -2.23. The van der Waals surface area contributed by atoms with Gasteiger partial charge in [-0.3, -0.25) is 9.59 Å². The van der Waals surface area contributed by atoms with Crippen molar-refractivity contribution in [1.29, 1.82) is 0 Å². The van der Waals surface area contributed by atoms with Crippen LogP contribution in [0.25, 0.3) is 0 Å². The summed E-state index contributed by atoms with van der Waals surface area (Å²) in [6, 6.07) is 8.79. The normalized spacial score (nSPS) is 19.0. The van der Waals surface area contributed by atoms with E-state index in [4.69, 9.17) is 23.2 Å². The van der Waals surface area contributed by atoms with Crippen LogP contribution < -0.4 is 4.90 Å². The number of hydrogen-bond donors (Lipinski definition) is 1. The van der Waals surface area contributed by atoms with Crippen LogP contribution in [0.5, 0.6) is 0 Å². The molecule has 1 amide bonds. The van der Waals surface area contributed by atoms with Crippen LogP contribution >= 0.6 is 23.2 Å². The van der Waals surface area contributed by atoms with E-state index in [9.17, 15) is 14.7 Å². The molecule has 26 heavy (non-hydrogen) atoms. The standard InChI is InChI=1S/C20H19Cl2NO3/c1-11-6-12(2)18-16(7-11)20(26,9-13(3)24)19(25)23(18)10-14-4-5-15(21)8-17(14)22/h4-8,26H,9-10H2,1-3H3. The molecule has 0 spiro atoms. The third kappa shape index (κ3) is 3.13. The van der Waals surface area contributed by atoms with E-state index < -0.39 is 11.5 Å². The maximum absolute atomic E-state index is 13.1.